The van der Waals surface area contributed by atoms with Gasteiger partial charge in [-0.2, -0.15) is 9.61 Å². The number of rotatable bonds is 4. The summed E-state index contributed by atoms with van der Waals surface area (Å²) in [5.74, 6) is 0.505. The Kier molecular flexibility index (Phi) is 4.21. The molecule has 2 heterocycles. The molecule has 114 valence electrons. The molecule has 0 aliphatic rings. The van der Waals surface area contributed by atoms with Crippen LogP contribution in [0.1, 0.15) is 29.3 Å². The highest BCUT2D eigenvalue weighted by molar-refractivity contribution is 7.16. The largest absolute Gasteiger partial charge is 0.296 e. The Hall–Kier alpha value is -1.43. The summed E-state index contributed by atoms with van der Waals surface area (Å²) in [6, 6.07) is 5.19. The first-order chi connectivity index (χ1) is 10.5. The SMILES string of the molecule is CC(C)Cc1nn2c(C=O)c(-c3ccc(Cl)c(Cl)c3)nc2s1. The lowest BCUT2D eigenvalue weighted by Crippen LogP contribution is -1.98. The highest BCUT2D eigenvalue weighted by Gasteiger charge is 2.18. The van der Waals surface area contributed by atoms with Crippen molar-refractivity contribution in [1.82, 2.24) is 14.6 Å². The lowest BCUT2D eigenvalue weighted by atomic mass is 10.1. The molecule has 3 rings (SSSR count). The van der Waals surface area contributed by atoms with Crippen molar-refractivity contribution in [1.29, 1.82) is 0 Å². The first-order valence-corrected chi connectivity index (χ1v) is 8.36. The molecule has 0 saturated heterocycles. The summed E-state index contributed by atoms with van der Waals surface area (Å²) in [5, 5.41) is 6.37. The van der Waals surface area contributed by atoms with Gasteiger partial charge in [0.05, 0.1) is 10.0 Å². The second-order valence-corrected chi connectivity index (χ2v) is 7.24. The summed E-state index contributed by atoms with van der Waals surface area (Å²) in [5.41, 5.74) is 1.75. The van der Waals surface area contributed by atoms with Crippen LogP contribution in [-0.2, 0) is 6.42 Å². The van der Waals surface area contributed by atoms with E-state index < -0.39 is 0 Å². The van der Waals surface area contributed by atoms with Crippen molar-refractivity contribution in [2.24, 2.45) is 5.92 Å². The van der Waals surface area contributed by atoms with E-state index in [1.54, 1.807) is 22.7 Å². The van der Waals surface area contributed by atoms with Gasteiger partial charge in [0.2, 0.25) is 4.96 Å². The van der Waals surface area contributed by atoms with Crippen molar-refractivity contribution in [3.63, 3.8) is 0 Å². The third kappa shape index (κ3) is 2.76. The van der Waals surface area contributed by atoms with Crippen LogP contribution in [0.25, 0.3) is 16.2 Å². The van der Waals surface area contributed by atoms with Gasteiger partial charge in [0.25, 0.3) is 0 Å². The lowest BCUT2D eigenvalue weighted by molar-refractivity contribution is 0.111. The van der Waals surface area contributed by atoms with E-state index >= 15 is 0 Å². The normalized spacial score (nSPS) is 11.5. The number of fused-ring (bicyclic) bond motifs is 1. The predicted octanol–water partition coefficient (Wildman–Crippen LogP) is 4.78. The van der Waals surface area contributed by atoms with Crippen LogP contribution in [0.2, 0.25) is 10.0 Å². The molecule has 2 aromatic heterocycles. The van der Waals surface area contributed by atoms with Gasteiger partial charge in [-0.15, -0.1) is 0 Å². The van der Waals surface area contributed by atoms with E-state index in [-0.39, 0.29) is 0 Å². The Bertz CT molecular complexity index is 854. The second-order valence-electron chi connectivity index (χ2n) is 5.38. The van der Waals surface area contributed by atoms with Crippen LogP contribution >= 0.6 is 34.5 Å². The topological polar surface area (TPSA) is 47.3 Å². The van der Waals surface area contributed by atoms with E-state index in [1.807, 2.05) is 0 Å². The third-order valence-electron chi connectivity index (χ3n) is 3.17. The summed E-state index contributed by atoms with van der Waals surface area (Å²) < 4.78 is 1.60. The predicted molar refractivity (Wildman–Crippen MR) is 90.2 cm³/mol. The fraction of sp³-hybridized carbons (Fsp3) is 0.267. The fourth-order valence-electron chi connectivity index (χ4n) is 2.20. The first-order valence-electron chi connectivity index (χ1n) is 6.78. The zero-order valence-electron chi connectivity index (χ0n) is 12.0. The number of imidazole rings is 1. The van der Waals surface area contributed by atoms with Crippen molar-refractivity contribution < 1.29 is 4.79 Å². The molecule has 0 radical (unpaired) electrons. The van der Waals surface area contributed by atoms with E-state index in [9.17, 15) is 4.79 Å². The molecule has 0 fully saturated rings. The molecular weight excluding hydrogens is 341 g/mol. The maximum Gasteiger partial charge on any atom is 0.213 e. The van der Waals surface area contributed by atoms with Crippen LogP contribution < -0.4 is 0 Å². The number of benzene rings is 1. The van der Waals surface area contributed by atoms with E-state index in [1.165, 1.54) is 11.3 Å². The number of carbonyl (C=O) groups excluding carboxylic acids is 1. The van der Waals surface area contributed by atoms with Gasteiger partial charge < -0.3 is 0 Å². The Balaban J connectivity index is 2.12. The average Bonchev–Trinajstić information content (AvgIpc) is 2.97. The molecule has 0 unspecified atom stereocenters. The van der Waals surface area contributed by atoms with Crippen molar-refractivity contribution >= 4 is 45.8 Å². The Morgan fingerprint density at radius 3 is 2.73 bits per heavy atom. The number of halogens is 2. The lowest BCUT2D eigenvalue weighted by Gasteiger charge is -2.01. The van der Waals surface area contributed by atoms with Gasteiger partial charge in [-0.05, 0) is 18.1 Å². The Morgan fingerprint density at radius 2 is 2.09 bits per heavy atom. The van der Waals surface area contributed by atoms with Crippen molar-refractivity contribution in [3.8, 4) is 11.3 Å². The maximum absolute atomic E-state index is 11.5. The number of carbonyl (C=O) groups is 1. The molecule has 0 aliphatic carbocycles. The van der Waals surface area contributed by atoms with Gasteiger partial charge in [0.15, 0.2) is 6.29 Å². The van der Waals surface area contributed by atoms with Gasteiger partial charge in [0.1, 0.15) is 16.4 Å². The van der Waals surface area contributed by atoms with Crippen LogP contribution in [-0.4, -0.2) is 20.9 Å². The Morgan fingerprint density at radius 1 is 1.32 bits per heavy atom. The summed E-state index contributed by atoms with van der Waals surface area (Å²) in [4.78, 5) is 16.7. The molecule has 0 aliphatic heterocycles. The third-order valence-corrected chi connectivity index (χ3v) is 4.84. The molecule has 0 spiro atoms. The van der Waals surface area contributed by atoms with Crippen LogP contribution in [0.5, 0.6) is 0 Å². The van der Waals surface area contributed by atoms with Gasteiger partial charge in [-0.1, -0.05) is 54.5 Å². The van der Waals surface area contributed by atoms with Gasteiger partial charge in [-0.25, -0.2) is 4.98 Å². The fourth-order valence-corrected chi connectivity index (χ4v) is 3.61. The smallest absolute Gasteiger partial charge is 0.213 e. The highest BCUT2D eigenvalue weighted by atomic mass is 35.5. The number of aromatic nitrogens is 3. The molecule has 7 heteroatoms. The molecule has 1 aromatic carbocycles. The van der Waals surface area contributed by atoms with Crippen molar-refractivity contribution in [3.05, 3.63) is 38.9 Å². The minimum atomic E-state index is 0.430. The molecule has 0 atom stereocenters. The van der Waals surface area contributed by atoms with Gasteiger partial charge in [-0.3, -0.25) is 4.79 Å². The molecule has 4 nitrogen and oxygen atoms in total. The first kappa shape index (κ1) is 15.5. The van der Waals surface area contributed by atoms with Crippen molar-refractivity contribution in [2.75, 3.05) is 0 Å². The maximum atomic E-state index is 11.5. The summed E-state index contributed by atoms with van der Waals surface area (Å²) in [7, 11) is 0. The molecule has 3 aromatic rings. The van der Waals surface area contributed by atoms with Gasteiger partial charge >= 0.3 is 0 Å². The summed E-state index contributed by atoms with van der Waals surface area (Å²) >= 11 is 13.5. The summed E-state index contributed by atoms with van der Waals surface area (Å²) in [6.45, 7) is 4.26. The molecule has 0 saturated carbocycles. The second kappa shape index (κ2) is 5.99. The van der Waals surface area contributed by atoms with Gasteiger partial charge in [0, 0.05) is 12.0 Å². The minimum Gasteiger partial charge on any atom is -0.296 e. The number of nitrogens with zero attached hydrogens (tertiary/aromatic N) is 3. The van der Waals surface area contributed by atoms with E-state index in [0.717, 1.165) is 23.3 Å². The Labute approximate surface area is 141 Å². The standard InChI is InChI=1S/C15H13Cl2N3OS/c1-8(2)5-13-19-20-12(7-21)14(18-15(20)22-13)9-3-4-10(16)11(17)6-9/h3-4,6-8H,5H2,1-2H3. The van der Waals surface area contributed by atoms with E-state index in [0.29, 0.717) is 32.3 Å². The number of hydrogen-bond acceptors (Lipinski definition) is 4. The number of aldehydes is 1. The van der Waals surface area contributed by atoms with Crippen LogP contribution in [0, 0.1) is 5.92 Å². The molecule has 0 N–H and O–H groups in total. The molecular formula is C15H13Cl2N3OS. The monoisotopic (exact) mass is 353 g/mol. The summed E-state index contributed by atoms with van der Waals surface area (Å²) in [6.07, 6.45) is 1.64. The van der Waals surface area contributed by atoms with Crippen LogP contribution in [0.4, 0.5) is 0 Å². The van der Waals surface area contributed by atoms with Crippen molar-refractivity contribution in [2.45, 2.75) is 20.3 Å². The van der Waals surface area contributed by atoms with Crippen LogP contribution in [0.3, 0.4) is 0 Å². The van der Waals surface area contributed by atoms with Crippen LogP contribution in [0.15, 0.2) is 18.2 Å². The zero-order chi connectivity index (χ0) is 15.9. The average molecular weight is 354 g/mol. The van der Waals surface area contributed by atoms with E-state index in [4.69, 9.17) is 23.2 Å². The molecule has 0 bridgehead atoms. The zero-order valence-corrected chi connectivity index (χ0v) is 14.3. The molecule has 0 amide bonds. The minimum absolute atomic E-state index is 0.430. The quantitative estimate of drug-likeness (QED) is 0.634. The van der Waals surface area contributed by atoms with E-state index in [2.05, 4.69) is 23.9 Å². The highest BCUT2D eigenvalue weighted by Crippen LogP contribution is 2.31. The number of hydrogen-bond donors (Lipinski definition) is 0. The molecule has 22 heavy (non-hydrogen) atoms.